The Hall–Kier alpha value is -0.720. The van der Waals surface area contributed by atoms with Crippen LogP contribution in [0.1, 0.15) is 20.3 Å². The van der Waals surface area contributed by atoms with Crippen molar-refractivity contribution in [2.24, 2.45) is 5.92 Å². The van der Waals surface area contributed by atoms with Gasteiger partial charge in [-0.3, -0.25) is 0 Å². The Labute approximate surface area is 62.8 Å². The molecule has 0 radical (unpaired) electrons. The highest BCUT2D eigenvalue weighted by atomic mass is 14.8. The average Bonchev–Trinajstić information content (AvgIpc) is 1.88. The quantitative estimate of drug-likeness (QED) is 0.583. The van der Waals surface area contributed by atoms with Crippen LogP contribution in [0.3, 0.4) is 0 Å². The number of hydrogen-bond donors (Lipinski definition) is 1. The molecule has 0 heterocycles. The summed E-state index contributed by atoms with van der Waals surface area (Å²) in [4.78, 5) is 0. The van der Waals surface area contributed by atoms with Gasteiger partial charge in [-0.2, -0.15) is 0 Å². The first-order chi connectivity index (χ1) is 4.74. The number of nitrogens with one attached hydrogen (secondary N) is 1. The minimum atomic E-state index is 0.676. The molecule has 56 valence electrons. The van der Waals surface area contributed by atoms with Crippen LogP contribution in [0.25, 0.3) is 0 Å². The van der Waals surface area contributed by atoms with Crippen molar-refractivity contribution in [2.45, 2.75) is 20.3 Å². The predicted molar refractivity (Wildman–Crippen MR) is 44.7 cm³/mol. The van der Waals surface area contributed by atoms with E-state index < -0.39 is 0 Å². The zero-order chi connectivity index (χ0) is 7.56. The topological polar surface area (TPSA) is 12.0 Å². The second kappa shape index (κ2) is 2.91. The summed E-state index contributed by atoms with van der Waals surface area (Å²) < 4.78 is 0. The Morgan fingerprint density at radius 1 is 1.50 bits per heavy atom. The van der Waals surface area contributed by atoms with Crippen LogP contribution >= 0.6 is 0 Å². The maximum Gasteiger partial charge on any atom is 0.0136 e. The fraction of sp³-hybridized carbons (Fsp3) is 0.556. The van der Waals surface area contributed by atoms with E-state index in [0.717, 1.165) is 0 Å². The number of hydrogen-bond acceptors (Lipinski definition) is 1. The zero-order valence-electron chi connectivity index (χ0n) is 6.94. The maximum atomic E-state index is 3.19. The number of allylic oxidation sites excluding steroid dienone is 4. The van der Waals surface area contributed by atoms with E-state index in [2.05, 4.69) is 31.3 Å². The standard InChI is InChI=1S/C9H15N/c1-7-4-5-9(10-3)8(2)6-7/h4-5,8,10H,6H2,1-3H3. The molecule has 0 saturated carbocycles. The first-order valence-corrected chi connectivity index (χ1v) is 3.79. The number of rotatable bonds is 1. The van der Waals surface area contributed by atoms with Gasteiger partial charge in [0.1, 0.15) is 0 Å². The molecule has 0 amide bonds. The van der Waals surface area contributed by atoms with E-state index in [-0.39, 0.29) is 0 Å². The van der Waals surface area contributed by atoms with Crippen LogP contribution in [0.4, 0.5) is 0 Å². The maximum absolute atomic E-state index is 3.19. The van der Waals surface area contributed by atoms with Crippen molar-refractivity contribution in [2.75, 3.05) is 7.05 Å². The van der Waals surface area contributed by atoms with Crippen LogP contribution in [-0.2, 0) is 0 Å². The fourth-order valence-corrected chi connectivity index (χ4v) is 1.39. The van der Waals surface area contributed by atoms with Gasteiger partial charge < -0.3 is 5.32 Å². The minimum Gasteiger partial charge on any atom is -0.391 e. The van der Waals surface area contributed by atoms with Gasteiger partial charge in [0.25, 0.3) is 0 Å². The smallest absolute Gasteiger partial charge is 0.0136 e. The third kappa shape index (κ3) is 1.41. The van der Waals surface area contributed by atoms with Gasteiger partial charge in [-0.05, 0) is 25.3 Å². The van der Waals surface area contributed by atoms with Gasteiger partial charge in [0.2, 0.25) is 0 Å². The summed E-state index contributed by atoms with van der Waals surface area (Å²) in [5, 5.41) is 3.19. The largest absolute Gasteiger partial charge is 0.391 e. The van der Waals surface area contributed by atoms with Crippen LogP contribution in [0, 0.1) is 5.92 Å². The summed E-state index contributed by atoms with van der Waals surface area (Å²) in [5.74, 6) is 0.676. The van der Waals surface area contributed by atoms with Crippen molar-refractivity contribution in [1.29, 1.82) is 0 Å². The Morgan fingerprint density at radius 2 is 2.20 bits per heavy atom. The molecule has 1 N–H and O–H groups in total. The Balaban J connectivity index is 2.71. The van der Waals surface area contributed by atoms with E-state index >= 15 is 0 Å². The summed E-state index contributed by atoms with van der Waals surface area (Å²) >= 11 is 0. The second-order valence-electron chi connectivity index (χ2n) is 2.99. The highest BCUT2D eigenvalue weighted by molar-refractivity contribution is 5.23. The second-order valence-corrected chi connectivity index (χ2v) is 2.99. The fourth-order valence-electron chi connectivity index (χ4n) is 1.39. The summed E-state index contributed by atoms with van der Waals surface area (Å²) in [6.45, 7) is 4.43. The average molecular weight is 137 g/mol. The summed E-state index contributed by atoms with van der Waals surface area (Å²) in [6.07, 6.45) is 5.56. The van der Waals surface area contributed by atoms with E-state index in [1.807, 2.05) is 7.05 Å². The highest BCUT2D eigenvalue weighted by Gasteiger charge is 2.10. The lowest BCUT2D eigenvalue weighted by Gasteiger charge is -2.19. The van der Waals surface area contributed by atoms with Crippen molar-refractivity contribution in [3.05, 3.63) is 23.4 Å². The van der Waals surface area contributed by atoms with Crippen LogP contribution in [0.15, 0.2) is 23.4 Å². The lowest BCUT2D eigenvalue weighted by Crippen LogP contribution is -2.16. The molecule has 1 rings (SSSR count). The Kier molecular flexibility index (Phi) is 2.15. The molecule has 1 heteroatoms. The van der Waals surface area contributed by atoms with E-state index in [1.54, 1.807) is 0 Å². The molecule has 0 aromatic heterocycles. The van der Waals surface area contributed by atoms with Crippen LogP contribution < -0.4 is 5.32 Å². The summed E-state index contributed by atoms with van der Waals surface area (Å²) in [5.41, 5.74) is 2.83. The van der Waals surface area contributed by atoms with Gasteiger partial charge >= 0.3 is 0 Å². The molecule has 0 fully saturated rings. The van der Waals surface area contributed by atoms with Gasteiger partial charge in [0.05, 0.1) is 0 Å². The van der Waals surface area contributed by atoms with Gasteiger partial charge in [-0.15, -0.1) is 0 Å². The lowest BCUT2D eigenvalue weighted by molar-refractivity contribution is 0.617. The van der Waals surface area contributed by atoms with Crippen molar-refractivity contribution >= 4 is 0 Å². The third-order valence-corrected chi connectivity index (χ3v) is 2.00. The van der Waals surface area contributed by atoms with Crippen LogP contribution in [-0.4, -0.2) is 7.05 Å². The van der Waals surface area contributed by atoms with Crippen molar-refractivity contribution in [3.8, 4) is 0 Å². The molecule has 1 unspecified atom stereocenters. The van der Waals surface area contributed by atoms with Crippen LogP contribution in [0.5, 0.6) is 0 Å². The molecule has 0 bridgehead atoms. The van der Waals surface area contributed by atoms with Gasteiger partial charge in [-0.1, -0.05) is 18.6 Å². The van der Waals surface area contributed by atoms with E-state index in [9.17, 15) is 0 Å². The first-order valence-electron chi connectivity index (χ1n) is 3.79. The molecular formula is C9H15N. The van der Waals surface area contributed by atoms with E-state index in [4.69, 9.17) is 0 Å². The molecule has 1 nitrogen and oxygen atoms in total. The van der Waals surface area contributed by atoms with E-state index in [0.29, 0.717) is 5.92 Å². The third-order valence-electron chi connectivity index (χ3n) is 2.00. The normalized spacial score (nSPS) is 25.3. The van der Waals surface area contributed by atoms with Gasteiger partial charge in [0.15, 0.2) is 0 Å². The predicted octanol–water partition coefficient (Wildman–Crippen LogP) is 2.08. The molecule has 0 spiro atoms. The SMILES string of the molecule is CNC1=CC=C(C)CC1C. The molecule has 0 aliphatic heterocycles. The minimum absolute atomic E-state index is 0.676. The first kappa shape index (κ1) is 7.39. The van der Waals surface area contributed by atoms with Gasteiger partial charge in [-0.25, -0.2) is 0 Å². The van der Waals surface area contributed by atoms with Crippen molar-refractivity contribution in [1.82, 2.24) is 5.32 Å². The molecule has 1 atom stereocenters. The lowest BCUT2D eigenvalue weighted by atomic mass is 9.94. The zero-order valence-corrected chi connectivity index (χ0v) is 6.94. The summed E-state index contributed by atoms with van der Waals surface area (Å²) in [6, 6.07) is 0. The van der Waals surface area contributed by atoms with Crippen molar-refractivity contribution < 1.29 is 0 Å². The molecule has 0 aromatic carbocycles. The molecule has 0 aromatic rings. The molecular weight excluding hydrogens is 122 g/mol. The Morgan fingerprint density at radius 3 is 2.70 bits per heavy atom. The molecule has 0 saturated heterocycles. The highest BCUT2D eigenvalue weighted by Crippen LogP contribution is 2.21. The van der Waals surface area contributed by atoms with E-state index in [1.165, 1.54) is 17.7 Å². The molecule has 1 aliphatic carbocycles. The molecule has 1 aliphatic rings. The van der Waals surface area contributed by atoms with Crippen LogP contribution in [0.2, 0.25) is 0 Å². The van der Waals surface area contributed by atoms with Crippen molar-refractivity contribution in [3.63, 3.8) is 0 Å². The molecule has 10 heavy (non-hydrogen) atoms. The Bertz CT molecular complexity index is 177. The summed E-state index contributed by atoms with van der Waals surface area (Å²) in [7, 11) is 1.98. The van der Waals surface area contributed by atoms with Gasteiger partial charge in [0, 0.05) is 12.7 Å². The monoisotopic (exact) mass is 137 g/mol.